The fraction of sp³-hybridized carbons (Fsp3) is 0.929. The number of piperidine rings is 1. The van der Waals surface area contributed by atoms with Crippen molar-refractivity contribution in [2.75, 3.05) is 40.0 Å². The molecule has 0 aromatic carbocycles. The number of hydrogen-bond acceptors (Lipinski definition) is 4. The minimum atomic E-state index is 0.309. The highest BCUT2D eigenvalue weighted by molar-refractivity contribution is 5.79. The highest BCUT2D eigenvalue weighted by atomic mass is 16.5. The summed E-state index contributed by atoms with van der Waals surface area (Å²) >= 11 is 0. The fourth-order valence-electron chi connectivity index (χ4n) is 3.76. The molecule has 108 valence electrons. The number of morpholine rings is 1. The molecule has 0 aromatic rings. The summed E-state index contributed by atoms with van der Waals surface area (Å²) in [5.41, 5.74) is 0. The highest BCUT2D eigenvalue weighted by Crippen LogP contribution is 2.36. The van der Waals surface area contributed by atoms with Gasteiger partial charge < -0.3 is 14.4 Å². The molecule has 0 N–H and O–H groups in total. The van der Waals surface area contributed by atoms with Crippen molar-refractivity contribution in [2.45, 2.75) is 43.9 Å². The molecule has 3 atom stereocenters. The van der Waals surface area contributed by atoms with Crippen molar-refractivity contribution in [3.8, 4) is 0 Å². The molecule has 3 aliphatic heterocycles. The van der Waals surface area contributed by atoms with Gasteiger partial charge in [0.25, 0.3) is 0 Å². The van der Waals surface area contributed by atoms with E-state index in [1.807, 2.05) is 0 Å². The minimum Gasteiger partial charge on any atom is -0.381 e. The van der Waals surface area contributed by atoms with Gasteiger partial charge in [0.05, 0.1) is 25.9 Å². The van der Waals surface area contributed by atoms with Crippen LogP contribution in [-0.4, -0.2) is 73.9 Å². The molecule has 0 saturated carbocycles. The van der Waals surface area contributed by atoms with Crippen molar-refractivity contribution in [2.24, 2.45) is 0 Å². The van der Waals surface area contributed by atoms with Gasteiger partial charge in [-0.15, -0.1) is 0 Å². The van der Waals surface area contributed by atoms with E-state index in [0.717, 1.165) is 52.0 Å². The van der Waals surface area contributed by atoms with Crippen LogP contribution >= 0.6 is 0 Å². The van der Waals surface area contributed by atoms with Crippen molar-refractivity contribution in [3.63, 3.8) is 0 Å². The quantitative estimate of drug-likeness (QED) is 0.747. The first-order chi connectivity index (χ1) is 9.28. The predicted molar refractivity (Wildman–Crippen MR) is 70.9 cm³/mol. The topological polar surface area (TPSA) is 42.0 Å². The monoisotopic (exact) mass is 268 g/mol. The Labute approximate surface area is 114 Å². The molecule has 0 aromatic heterocycles. The van der Waals surface area contributed by atoms with E-state index in [9.17, 15) is 4.79 Å². The molecule has 5 nitrogen and oxygen atoms in total. The maximum absolute atomic E-state index is 12.5. The van der Waals surface area contributed by atoms with E-state index >= 15 is 0 Å². The number of carbonyl (C=O) groups is 1. The lowest BCUT2D eigenvalue weighted by Crippen LogP contribution is -2.52. The van der Waals surface area contributed by atoms with E-state index < -0.39 is 0 Å². The zero-order valence-corrected chi connectivity index (χ0v) is 11.7. The van der Waals surface area contributed by atoms with Crippen LogP contribution in [0, 0.1) is 0 Å². The molecule has 1 amide bonds. The lowest BCUT2D eigenvalue weighted by Gasteiger charge is -2.39. The maximum atomic E-state index is 12.5. The number of hydrogen-bond donors (Lipinski definition) is 0. The Kier molecular flexibility index (Phi) is 4.05. The van der Waals surface area contributed by atoms with Gasteiger partial charge in [-0.05, 0) is 25.7 Å². The summed E-state index contributed by atoms with van der Waals surface area (Å²) in [4.78, 5) is 16.9. The SMILES string of the molecule is COC1C[C@H]2CC[C@@H](C1)N2C(=O)CN1CCOCC1. The zero-order chi connectivity index (χ0) is 13.2. The molecule has 3 aliphatic rings. The lowest BCUT2D eigenvalue weighted by atomic mass is 9.99. The van der Waals surface area contributed by atoms with Gasteiger partial charge in [-0.2, -0.15) is 0 Å². The summed E-state index contributed by atoms with van der Waals surface area (Å²) in [5.74, 6) is 0.309. The smallest absolute Gasteiger partial charge is 0.237 e. The van der Waals surface area contributed by atoms with Crippen LogP contribution in [0.15, 0.2) is 0 Å². The molecular formula is C14H24N2O3. The van der Waals surface area contributed by atoms with E-state index in [4.69, 9.17) is 9.47 Å². The van der Waals surface area contributed by atoms with Crippen molar-refractivity contribution >= 4 is 5.91 Å². The summed E-state index contributed by atoms with van der Waals surface area (Å²) in [6.45, 7) is 3.84. The Morgan fingerprint density at radius 2 is 1.84 bits per heavy atom. The first-order valence-electron chi connectivity index (χ1n) is 7.42. The summed E-state index contributed by atoms with van der Waals surface area (Å²) in [6, 6.07) is 0.828. The van der Waals surface area contributed by atoms with E-state index in [-0.39, 0.29) is 0 Å². The summed E-state index contributed by atoms with van der Waals surface area (Å²) < 4.78 is 10.8. The zero-order valence-electron chi connectivity index (χ0n) is 11.7. The van der Waals surface area contributed by atoms with Gasteiger partial charge in [0.2, 0.25) is 5.91 Å². The van der Waals surface area contributed by atoms with Crippen molar-refractivity contribution in [1.82, 2.24) is 9.80 Å². The van der Waals surface area contributed by atoms with Crippen LogP contribution in [0.3, 0.4) is 0 Å². The number of ether oxygens (including phenoxy) is 2. The highest BCUT2D eigenvalue weighted by Gasteiger charge is 2.43. The third-order valence-corrected chi connectivity index (χ3v) is 4.77. The molecule has 0 aliphatic carbocycles. The average molecular weight is 268 g/mol. The Morgan fingerprint density at radius 1 is 1.21 bits per heavy atom. The molecule has 3 fully saturated rings. The number of nitrogens with zero attached hydrogens (tertiary/aromatic N) is 2. The number of fused-ring (bicyclic) bond motifs is 2. The number of rotatable bonds is 3. The van der Waals surface area contributed by atoms with E-state index in [1.165, 1.54) is 0 Å². The largest absolute Gasteiger partial charge is 0.381 e. The van der Waals surface area contributed by atoms with Crippen LogP contribution in [0.1, 0.15) is 25.7 Å². The number of methoxy groups -OCH3 is 1. The van der Waals surface area contributed by atoms with Crippen LogP contribution in [-0.2, 0) is 14.3 Å². The van der Waals surface area contributed by atoms with E-state index in [1.54, 1.807) is 7.11 Å². The van der Waals surface area contributed by atoms with Gasteiger partial charge in [-0.1, -0.05) is 0 Å². The standard InChI is InChI=1S/C14H24N2O3/c1-18-13-8-11-2-3-12(9-13)16(11)14(17)10-15-4-6-19-7-5-15/h11-13H,2-10H2,1H3/t11-,12+,13?. The van der Waals surface area contributed by atoms with Gasteiger partial charge in [0.15, 0.2) is 0 Å². The lowest BCUT2D eigenvalue weighted by molar-refractivity contribution is -0.140. The molecule has 0 radical (unpaired) electrons. The van der Waals surface area contributed by atoms with Crippen molar-refractivity contribution in [3.05, 3.63) is 0 Å². The van der Waals surface area contributed by atoms with Crippen molar-refractivity contribution < 1.29 is 14.3 Å². The van der Waals surface area contributed by atoms with E-state index in [0.29, 0.717) is 30.6 Å². The van der Waals surface area contributed by atoms with Gasteiger partial charge in [0, 0.05) is 32.3 Å². The second kappa shape index (κ2) is 5.77. The van der Waals surface area contributed by atoms with E-state index in [2.05, 4.69) is 9.80 Å². The third-order valence-electron chi connectivity index (χ3n) is 4.77. The first kappa shape index (κ1) is 13.3. The number of carbonyl (C=O) groups excluding carboxylic acids is 1. The second-order valence-corrected chi connectivity index (χ2v) is 5.90. The summed E-state index contributed by atoms with van der Waals surface area (Å²) in [6.07, 6.45) is 4.69. The Bertz CT molecular complexity index is 317. The molecule has 5 heteroatoms. The van der Waals surface area contributed by atoms with Crippen LogP contribution in [0.2, 0.25) is 0 Å². The van der Waals surface area contributed by atoms with Crippen LogP contribution < -0.4 is 0 Å². The maximum Gasteiger partial charge on any atom is 0.237 e. The van der Waals surface area contributed by atoms with Crippen LogP contribution in [0.5, 0.6) is 0 Å². The van der Waals surface area contributed by atoms with Crippen molar-refractivity contribution in [1.29, 1.82) is 0 Å². The average Bonchev–Trinajstić information content (AvgIpc) is 2.71. The van der Waals surface area contributed by atoms with Gasteiger partial charge in [0.1, 0.15) is 0 Å². The number of amides is 1. The molecule has 3 heterocycles. The van der Waals surface area contributed by atoms with Gasteiger partial charge in [-0.3, -0.25) is 9.69 Å². The first-order valence-corrected chi connectivity index (χ1v) is 7.42. The molecule has 1 unspecified atom stereocenters. The minimum absolute atomic E-state index is 0.309. The molecule has 2 bridgehead atoms. The van der Waals surface area contributed by atoms with Gasteiger partial charge >= 0.3 is 0 Å². The normalized spacial score (nSPS) is 35.6. The molecular weight excluding hydrogens is 244 g/mol. The Balaban J connectivity index is 1.58. The molecule has 3 saturated heterocycles. The summed E-state index contributed by atoms with van der Waals surface area (Å²) in [5, 5.41) is 0. The Morgan fingerprint density at radius 3 is 2.42 bits per heavy atom. The predicted octanol–water partition coefficient (Wildman–Crippen LogP) is 0.487. The molecule has 3 rings (SSSR count). The summed E-state index contributed by atoms with van der Waals surface area (Å²) in [7, 11) is 1.79. The fourth-order valence-corrected chi connectivity index (χ4v) is 3.76. The van der Waals surface area contributed by atoms with Crippen LogP contribution in [0.4, 0.5) is 0 Å². The molecule has 0 spiro atoms. The second-order valence-electron chi connectivity index (χ2n) is 5.90. The Hall–Kier alpha value is -0.650. The van der Waals surface area contributed by atoms with Gasteiger partial charge in [-0.25, -0.2) is 0 Å². The molecule has 19 heavy (non-hydrogen) atoms. The van der Waals surface area contributed by atoms with Crippen LogP contribution in [0.25, 0.3) is 0 Å². The third kappa shape index (κ3) is 2.78.